The molecule has 7 rings (SSSR count). The fourth-order valence-corrected chi connectivity index (χ4v) is 6.82. The lowest BCUT2D eigenvalue weighted by molar-refractivity contribution is -0.156. The van der Waals surface area contributed by atoms with E-state index in [1.54, 1.807) is 14.2 Å². The number of ether oxygens (including phenoxy) is 6. The molecule has 0 saturated carbocycles. The van der Waals surface area contributed by atoms with Crippen molar-refractivity contribution >= 4 is 5.91 Å². The van der Waals surface area contributed by atoms with Gasteiger partial charge in [-0.05, 0) is 29.7 Å². The number of amides is 1. The van der Waals surface area contributed by atoms with Crippen molar-refractivity contribution in [2.75, 3.05) is 54.0 Å². The third kappa shape index (κ3) is 4.24. The van der Waals surface area contributed by atoms with Crippen LogP contribution in [0.15, 0.2) is 59.6 Å². The highest BCUT2D eigenvalue weighted by atomic mass is 16.7. The van der Waals surface area contributed by atoms with Crippen molar-refractivity contribution < 1.29 is 33.2 Å². The first kappa shape index (κ1) is 26.2. The third-order valence-corrected chi connectivity index (χ3v) is 8.72. The standard InChI is InChI=1S/C31H35N3O7/c1-4-22-20-14-23(36-2)27-29(40-17-38-27)25(20)26-21(15-24(37-3)28-30(26)41-18-39-28)31(35)34(22)33-12-10-32(11-13-33)16-19-8-6-5-7-9-19/h5-9,14-15,22,26,30H,4,10-13,16-18H2,1-3H3. The molecular formula is C31H35N3O7. The lowest BCUT2D eigenvalue weighted by Crippen LogP contribution is -2.56. The minimum atomic E-state index is -0.519. The first-order chi connectivity index (χ1) is 20.1. The van der Waals surface area contributed by atoms with Gasteiger partial charge in [0.05, 0.1) is 26.2 Å². The van der Waals surface area contributed by atoms with Crippen molar-refractivity contribution in [1.82, 2.24) is 14.9 Å². The van der Waals surface area contributed by atoms with Gasteiger partial charge < -0.3 is 28.4 Å². The van der Waals surface area contributed by atoms with Gasteiger partial charge in [-0.1, -0.05) is 37.3 Å². The zero-order chi connectivity index (χ0) is 28.1. The van der Waals surface area contributed by atoms with E-state index in [2.05, 4.69) is 41.1 Å². The van der Waals surface area contributed by atoms with Crippen molar-refractivity contribution in [1.29, 1.82) is 0 Å². The van der Waals surface area contributed by atoms with E-state index < -0.39 is 12.0 Å². The van der Waals surface area contributed by atoms with Gasteiger partial charge in [0.2, 0.25) is 12.5 Å². The molecule has 4 aliphatic heterocycles. The van der Waals surface area contributed by atoms with Crippen LogP contribution in [0.5, 0.6) is 17.2 Å². The molecule has 5 aliphatic rings. The molecule has 3 unspecified atom stereocenters. The largest absolute Gasteiger partial charge is 0.493 e. The Hall–Kier alpha value is -3.73. The van der Waals surface area contributed by atoms with Crippen LogP contribution in [0.4, 0.5) is 0 Å². The summed E-state index contributed by atoms with van der Waals surface area (Å²) in [6.07, 6.45) is 2.00. The summed E-state index contributed by atoms with van der Waals surface area (Å²) in [5, 5.41) is 4.17. The molecule has 0 spiro atoms. The van der Waals surface area contributed by atoms with E-state index in [1.165, 1.54) is 5.56 Å². The summed E-state index contributed by atoms with van der Waals surface area (Å²) >= 11 is 0. The lowest BCUT2D eigenvalue weighted by Gasteiger charge is -2.44. The maximum Gasteiger partial charge on any atom is 0.265 e. The zero-order valence-corrected chi connectivity index (χ0v) is 23.6. The predicted octanol–water partition coefficient (Wildman–Crippen LogP) is 3.70. The maximum absolute atomic E-state index is 14.7. The molecule has 10 heteroatoms. The monoisotopic (exact) mass is 561 g/mol. The normalized spacial score (nSPS) is 25.6. The van der Waals surface area contributed by atoms with E-state index >= 15 is 0 Å². The van der Waals surface area contributed by atoms with Gasteiger partial charge in [0.15, 0.2) is 29.8 Å². The Bertz CT molecular complexity index is 1400. The Balaban J connectivity index is 1.31. The summed E-state index contributed by atoms with van der Waals surface area (Å²) in [4.78, 5) is 17.2. The molecule has 3 atom stereocenters. The number of hydrazine groups is 1. The van der Waals surface area contributed by atoms with Crippen molar-refractivity contribution in [3.8, 4) is 17.2 Å². The zero-order valence-electron chi connectivity index (χ0n) is 23.6. The number of hydrogen-bond donors (Lipinski definition) is 0. The molecule has 0 bridgehead atoms. The highest BCUT2D eigenvalue weighted by Gasteiger charge is 2.51. The predicted molar refractivity (Wildman–Crippen MR) is 148 cm³/mol. The highest BCUT2D eigenvalue weighted by molar-refractivity contribution is 5.97. The molecule has 2 aromatic carbocycles. The van der Waals surface area contributed by atoms with Gasteiger partial charge >= 0.3 is 0 Å². The Kier molecular flexibility index (Phi) is 6.76. The molecule has 1 aliphatic carbocycles. The van der Waals surface area contributed by atoms with Crippen molar-refractivity contribution in [2.24, 2.45) is 0 Å². The molecule has 0 N–H and O–H groups in total. The van der Waals surface area contributed by atoms with Crippen LogP contribution >= 0.6 is 0 Å². The van der Waals surface area contributed by atoms with Gasteiger partial charge in [-0.2, -0.15) is 0 Å². The molecular weight excluding hydrogens is 526 g/mol. The first-order valence-electron chi connectivity index (χ1n) is 14.2. The van der Waals surface area contributed by atoms with Gasteiger partial charge in [-0.15, -0.1) is 0 Å². The summed E-state index contributed by atoms with van der Waals surface area (Å²) in [5.74, 6) is 2.34. The van der Waals surface area contributed by atoms with Gasteiger partial charge in [-0.3, -0.25) is 14.7 Å². The van der Waals surface area contributed by atoms with Gasteiger partial charge in [0, 0.05) is 43.9 Å². The molecule has 10 nitrogen and oxygen atoms in total. The van der Waals surface area contributed by atoms with Gasteiger partial charge in [0.25, 0.3) is 5.91 Å². The number of hydrogen-bond acceptors (Lipinski definition) is 9. The Morgan fingerprint density at radius 2 is 1.73 bits per heavy atom. The number of nitrogens with zero attached hydrogens (tertiary/aromatic N) is 3. The summed E-state index contributed by atoms with van der Waals surface area (Å²) in [5.41, 5.74) is 3.74. The van der Waals surface area contributed by atoms with E-state index in [0.29, 0.717) is 40.8 Å². The number of rotatable bonds is 6. The van der Waals surface area contributed by atoms with Crippen molar-refractivity contribution in [3.63, 3.8) is 0 Å². The van der Waals surface area contributed by atoms with Crippen LogP contribution in [0.2, 0.25) is 0 Å². The van der Waals surface area contributed by atoms with Crippen molar-refractivity contribution in [3.05, 3.63) is 76.3 Å². The van der Waals surface area contributed by atoms with Crippen LogP contribution < -0.4 is 14.2 Å². The minimum absolute atomic E-state index is 0.0645. The second-order valence-electron chi connectivity index (χ2n) is 10.8. The Morgan fingerprint density at radius 1 is 0.951 bits per heavy atom. The highest BCUT2D eigenvalue weighted by Crippen LogP contribution is 2.57. The Morgan fingerprint density at radius 3 is 2.46 bits per heavy atom. The number of benzene rings is 2. The van der Waals surface area contributed by atoms with E-state index in [1.807, 2.05) is 23.2 Å². The van der Waals surface area contributed by atoms with E-state index in [4.69, 9.17) is 28.4 Å². The molecule has 0 radical (unpaired) electrons. The number of fused-ring (bicyclic) bond motifs is 7. The molecule has 2 fully saturated rings. The topological polar surface area (TPSA) is 82.2 Å². The molecule has 2 aromatic rings. The summed E-state index contributed by atoms with van der Waals surface area (Å²) in [7, 11) is 3.22. The average Bonchev–Trinajstić information content (AvgIpc) is 3.68. The van der Waals surface area contributed by atoms with E-state index in [0.717, 1.165) is 43.9 Å². The summed E-state index contributed by atoms with van der Waals surface area (Å²) in [6.45, 7) is 6.33. The van der Waals surface area contributed by atoms with Crippen LogP contribution in [0.1, 0.15) is 42.0 Å². The second-order valence-corrected chi connectivity index (χ2v) is 10.8. The van der Waals surface area contributed by atoms with Crippen LogP contribution in [0.3, 0.4) is 0 Å². The number of allylic oxidation sites excluding steroid dienone is 1. The summed E-state index contributed by atoms with van der Waals surface area (Å²) < 4.78 is 35.4. The third-order valence-electron chi connectivity index (χ3n) is 8.72. The molecule has 1 amide bonds. The van der Waals surface area contributed by atoms with Gasteiger partial charge in [0.1, 0.15) is 6.10 Å². The molecule has 216 valence electrons. The smallest absolute Gasteiger partial charge is 0.265 e. The fraction of sp³-hybridized carbons (Fsp3) is 0.452. The van der Waals surface area contributed by atoms with Crippen LogP contribution in [-0.2, 0) is 25.5 Å². The van der Waals surface area contributed by atoms with Crippen LogP contribution in [0, 0.1) is 0 Å². The maximum atomic E-state index is 14.7. The molecule has 41 heavy (non-hydrogen) atoms. The fourth-order valence-electron chi connectivity index (χ4n) is 6.82. The minimum Gasteiger partial charge on any atom is -0.493 e. The van der Waals surface area contributed by atoms with Gasteiger partial charge in [-0.25, -0.2) is 5.01 Å². The summed E-state index contributed by atoms with van der Waals surface area (Å²) in [6, 6.07) is 12.3. The van der Waals surface area contributed by atoms with E-state index in [9.17, 15) is 4.79 Å². The van der Waals surface area contributed by atoms with Crippen LogP contribution in [-0.4, -0.2) is 80.9 Å². The first-order valence-corrected chi connectivity index (χ1v) is 14.2. The number of carbonyl (C=O) groups is 1. The quantitative estimate of drug-likeness (QED) is 0.524. The lowest BCUT2D eigenvalue weighted by atomic mass is 9.79. The molecule has 2 saturated heterocycles. The van der Waals surface area contributed by atoms with Crippen LogP contribution in [0.25, 0.3) is 0 Å². The average molecular weight is 562 g/mol. The Labute approximate surface area is 239 Å². The number of methoxy groups -OCH3 is 2. The molecule has 0 aromatic heterocycles. The number of piperazine rings is 1. The number of carbonyl (C=O) groups excluding carboxylic acids is 1. The molecule has 4 heterocycles. The van der Waals surface area contributed by atoms with Crippen molar-refractivity contribution in [2.45, 2.75) is 38.0 Å². The SMILES string of the molecule is CCC1c2cc(OC)c3c(c2C2C(=CC(OC)=C4OCOC42)C(=O)N1N1CCN(Cc2ccccc2)CC1)OCO3. The van der Waals surface area contributed by atoms with E-state index in [-0.39, 0.29) is 25.5 Å². The second kappa shape index (κ2) is 10.6.